The van der Waals surface area contributed by atoms with Crippen molar-refractivity contribution in [1.82, 2.24) is 5.32 Å². The van der Waals surface area contributed by atoms with Gasteiger partial charge in [-0.15, -0.1) is 0 Å². The van der Waals surface area contributed by atoms with Crippen molar-refractivity contribution in [1.29, 1.82) is 0 Å². The summed E-state index contributed by atoms with van der Waals surface area (Å²) in [5.41, 5.74) is 0.356. The number of nitrogens with one attached hydrogen (secondary N) is 1. The zero-order chi connectivity index (χ0) is 8.60. The quantitative estimate of drug-likeness (QED) is 0.584. The first-order valence-electron chi connectivity index (χ1n) is 4.97. The van der Waals surface area contributed by atoms with Crippen LogP contribution >= 0.6 is 0 Å². The van der Waals surface area contributed by atoms with Crippen molar-refractivity contribution in [3.8, 4) is 0 Å². The molecule has 2 aliphatic rings. The standard InChI is InChI=1S/C10H17NO/c1-8-3-2-4-10(5-8)6-9(12)11-7-10/h8H,2-7H2,1H3,(H,11,12)/t8-,10-/m1/s1. The van der Waals surface area contributed by atoms with E-state index in [9.17, 15) is 4.79 Å². The first kappa shape index (κ1) is 8.09. The fraction of sp³-hybridized carbons (Fsp3) is 0.900. The second-order valence-corrected chi connectivity index (χ2v) is 4.66. The maximum Gasteiger partial charge on any atom is 0.220 e. The van der Waals surface area contributed by atoms with Crippen molar-refractivity contribution in [2.45, 2.75) is 39.0 Å². The zero-order valence-corrected chi connectivity index (χ0v) is 7.73. The molecule has 1 N–H and O–H groups in total. The van der Waals surface area contributed by atoms with Crippen molar-refractivity contribution in [2.75, 3.05) is 6.54 Å². The van der Waals surface area contributed by atoms with E-state index in [-0.39, 0.29) is 5.91 Å². The molecule has 0 radical (unpaired) electrons. The minimum Gasteiger partial charge on any atom is -0.356 e. The smallest absolute Gasteiger partial charge is 0.220 e. The van der Waals surface area contributed by atoms with Gasteiger partial charge in [-0.2, -0.15) is 0 Å². The molecule has 2 nitrogen and oxygen atoms in total. The van der Waals surface area contributed by atoms with Crippen LogP contribution in [0.15, 0.2) is 0 Å². The van der Waals surface area contributed by atoms with E-state index in [1.54, 1.807) is 0 Å². The van der Waals surface area contributed by atoms with Crippen molar-refractivity contribution in [3.63, 3.8) is 0 Å². The Morgan fingerprint density at radius 2 is 2.42 bits per heavy atom. The summed E-state index contributed by atoms with van der Waals surface area (Å²) in [5.74, 6) is 1.09. The number of hydrogen-bond donors (Lipinski definition) is 1. The molecule has 68 valence electrons. The van der Waals surface area contributed by atoms with Gasteiger partial charge in [0, 0.05) is 13.0 Å². The van der Waals surface area contributed by atoms with E-state index in [1.807, 2.05) is 0 Å². The number of amides is 1. The summed E-state index contributed by atoms with van der Waals surface area (Å²) < 4.78 is 0. The van der Waals surface area contributed by atoms with Gasteiger partial charge >= 0.3 is 0 Å². The molecule has 2 heteroatoms. The Balaban J connectivity index is 2.05. The average Bonchev–Trinajstić information content (AvgIpc) is 2.32. The second-order valence-electron chi connectivity index (χ2n) is 4.66. The first-order chi connectivity index (χ1) is 5.70. The maximum atomic E-state index is 11.1. The molecule has 2 fully saturated rings. The van der Waals surface area contributed by atoms with Gasteiger partial charge in [-0.1, -0.05) is 19.8 Å². The lowest BCUT2D eigenvalue weighted by molar-refractivity contribution is -0.119. The Labute approximate surface area is 73.7 Å². The van der Waals surface area contributed by atoms with Gasteiger partial charge in [0.1, 0.15) is 0 Å². The minimum atomic E-state index is 0.268. The van der Waals surface area contributed by atoms with Crippen LogP contribution in [0.1, 0.15) is 39.0 Å². The van der Waals surface area contributed by atoms with Crippen LogP contribution in [0.2, 0.25) is 0 Å². The molecule has 0 aromatic carbocycles. The predicted octanol–water partition coefficient (Wildman–Crippen LogP) is 1.70. The third kappa shape index (κ3) is 1.35. The monoisotopic (exact) mass is 167 g/mol. The first-order valence-corrected chi connectivity index (χ1v) is 4.97. The second kappa shape index (κ2) is 2.75. The van der Waals surface area contributed by atoms with Crippen molar-refractivity contribution < 1.29 is 4.79 Å². The lowest BCUT2D eigenvalue weighted by Gasteiger charge is -2.35. The van der Waals surface area contributed by atoms with E-state index in [4.69, 9.17) is 0 Å². The third-order valence-corrected chi connectivity index (χ3v) is 3.38. The van der Waals surface area contributed by atoms with Gasteiger partial charge in [-0.25, -0.2) is 0 Å². The van der Waals surface area contributed by atoms with Crippen LogP contribution in [0.25, 0.3) is 0 Å². The highest BCUT2D eigenvalue weighted by atomic mass is 16.1. The van der Waals surface area contributed by atoms with Crippen molar-refractivity contribution in [3.05, 3.63) is 0 Å². The summed E-state index contributed by atoms with van der Waals surface area (Å²) in [4.78, 5) is 11.1. The van der Waals surface area contributed by atoms with Gasteiger partial charge in [0.05, 0.1) is 0 Å². The molecule has 0 aromatic heterocycles. The largest absolute Gasteiger partial charge is 0.356 e. The Hall–Kier alpha value is -0.530. The summed E-state index contributed by atoms with van der Waals surface area (Å²) in [6.07, 6.45) is 5.98. The molecule has 1 spiro atoms. The predicted molar refractivity (Wildman–Crippen MR) is 47.7 cm³/mol. The van der Waals surface area contributed by atoms with E-state index >= 15 is 0 Å². The number of carbonyl (C=O) groups excluding carboxylic acids is 1. The summed E-state index contributed by atoms with van der Waals surface area (Å²) in [7, 11) is 0. The van der Waals surface area contributed by atoms with Crippen LogP contribution < -0.4 is 5.32 Å². The summed E-state index contributed by atoms with van der Waals surface area (Å²) in [6.45, 7) is 3.25. The van der Waals surface area contributed by atoms with E-state index in [1.165, 1.54) is 25.7 Å². The number of rotatable bonds is 0. The Kier molecular flexibility index (Phi) is 1.85. The third-order valence-electron chi connectivity index (χ3n) is 3.38. The van der Waals surface area contributed by atoms with Crippen LogP contribution in [-0.2, 0) is 4.79 Å². The molecule has 12 heavy (non-hydrogen) atoms. The van der Waals surface area contributed by atoms with Crippen LogP contribution in [-0.4, -0.2) is 12.5 Å². The molecule has 1 saturated heterocycles. The molecule has 1 amide bonds. The number of carbonyl (C=O) groups is 1. The highest BCUT2D eigenvalue weighted by molar-refractivity contribution is 5.79. The van der Waals surface area contributed by atoms with Crippen LogP contribution in [0.5, 0.6) is 0 Å². The fourth-order valence-electron chi connectivity index (χ4n) is 2.84. The maximum absolute atomic E-state index is 11.1. The molecule has 1 aliphatic heterocycles. The Morgan fingerprint density at radius 1 is 1.58 bits per heavy atom. The Morgan fingerprint density at radius 3 is 3.00 bits per heavy atom. The van der Waals surface area contributed by atoms with E-state index in [0.717, 1.165) is 18.9 Å². The van der Waals surface area contributed by atoms with Crippen LogP contribution in [0.4, 0.5) is 0 Å². The lowest BCUT2D eigenvalue weighted by Crippen LogP contribution is -2.29. The normalized spacial score (nSPS) is 41.8. The van der Waals surface area contributed by atoms with Crippen LogP contribution in [0, 0.1) is 11.3 Å². The summed E-state index contributed by atoms with van der Waals surface area (Å²) in [5, 5.41) is 2.96. The van der Waals surface area contributed by atoms with Gasteiger partial charge < -0.3 is 5.32 Å². The molecule has 2 atom stereocenters. The van der Waals surface area contributed by atoms with Gasteiger partial charge in [0.2, 0.25) is 5.91 Å². The SMILES string of the molecule is C[C@@H]1CCC[C@@]2(CNC(=O)C2)C1. The van der Waals surface area contributed by atoms with Gasteiger partial charge in [0.25, 0.3) is 0 Å². The van der Waals surface area contributed by atoms with E-state index in [2.05, 4.69) is 12.2 Å². The van der Waals surface area contributed by atoms with Gasteiger partial charge in [-0.3, -0.25) is 4.79 Å². The lowest BCUT2D eigenvalue weighted by atomic mass is 9.69. The molecule has 0 unspecified atom stereocenters. The highest BCUT2D eigenvalue weighted by Gasteiger charge is 2.40. The van der Waals surface area contributed by atoms with Gasteiger partial charge in [0.15, 0.2) is 0 Å². The molecule has 1 heterocycles. The molecular weight excluding hydrogens is 150 g/mol. The summed E-state index contributed by atoms with van der Waals surface area (Å²) in [6, 6.07) is 0. The molecule has 1 aliphatic carbocycles. The topological polar surface area (TPSA) is 29.1 Å². The summed E-state index contributed by atoms with van der Waals surface area (Å²) >= 11 is 0. The molecule has 0 bridgehead atoms. The molecular formula is C10H17NO. The zero-order valence-electron chi connectivity index (χ0n) is 7.73. The number of hydrogen-bond acceptors (Lipinski definition) is 1. The molecule has 1 saturated carbocycles. The molecule has 0 aromatic rings. The highest BCUT2D eigenvalue weighted by Crippen LogP contribution is 2.43. The Bertz CT molecular complexity index is 202. The van der Waals surface area contributed by atoms with Gasteiger partial charge in [-0.05, 0) is 24.2 Å². The van der Waals surface area contributed by atoms with Crippen molar-refractivity contribution in [2.24, 2.45) is 11.3 Å². The van der Waals surface area contributed by atoms with E-state index in [0.29, 0.717) is 5.41 Å². The molecule has 2 rings (SSSR count). The van der Waals surface area contributed by atoms with Crippen molar-refractivity contribution >= 4 is 5.91 Å². The van der Waals surface area contributed by atoms with E-state index < -0.39 is 0 Å². The minimum absolute atomic E-state index is 0.268. The average molecular weight is 167 g/mol. The van der Waals surface area contributed by atoms with Crippen LogP contribution in [0.3, 0.4) is 0 Å². The fourth-order valence-corrected chi connectivity index (χ4v) is 2.84.